The number of nitrogens with zero attached hydrogens (tertiary/aromatic N) is 15. The molecule has 1 aliphatic rings. The lowest BCUT2D eigenvalue weighted by Crippen LogP contribution is -2.39. The standard InChI is InChI=1S/C25H25N5O3S.C24H22N6O2.C21H17N7O4.3H2/c1-15(2)34(31,32)21-10-8-18(9-11-21)22-14-27-16(3)23(28-22)25-30-29-24(33-25)19-6-4-17(5-7-19)20-12-26-13-20;1-15-21(23-28-29-24(32-23)27-22(31)19-8-6-5-7-9-19)26-20(14-25-15)18-12-10-17(11-13-18)16(2)30(3)4;1-27(2)21(29)13-8-6-12(7-9-13)16-11-23-18(22)17(24-16)20-26-25-19(32-20)14-4-3-5-15(10-14)28(30)31;;;/h4-11,14-15,20,26H,12-13H2,1-3H3;5-14H,2H2,1,3-4H3,(H,27,29,31);3-11H,1-2H3,(H2,22,23);3*1H. The molecule has 0 radical (unpaired) electrons. The molecule has 2 amide bonds. The van der Waals surface area contributed by atoms with Crippen LogP contribution in [0.4, 0.5) is 17.5 Å². The molecule has 1 aliphatic heterocycles. The molecule has 0 aliphatic carbocycles. The first kappa shape index (κ1) is 67.0. The van der Waals surface area contributed by atoms with Crippen molar-refractivity contribution < 1.29 is 40.5 Å². The normalized spacial score (nSPS) is 11.9. The monoisotopic (exact) mass is 1340 g/mol. The summed E-state index contributed by atoms with van der Waals surface area (Å²) >= 11 is 0. The van der Waals surface area contributed by atoms with Crippen molar-refractivity contribution in [3.63, 3.8) is 0 Å². The van der Waals surface area contributed by atoms with E-state index in [4.69, 9.17) is 19.0 Å². The van der Waals surface area contributed by atoms with E-state index in [9.17, 15) is 28.1 Å². The quantitative estimate of drug-likeness (QED) is 0.0563. The topological polar surface area (TPSA) is 362 Å². The van der Waals surface area contributed by atoms with E-state index in [2.05, 4.69) is 89.8 Å². The molecule has 7 heterocycles. The van der Waals surface area contributed by atoms with Crippen LogP contribution in [-0.4, -0.2) is 142 Å². The Morgan fingerprint density at radius 1 is 0.592 bits per heavy atom. The van der Waals surface area contributed by atoms with Crippen molar-refractivity contribution in [2.75, 3.05) is 52.3 Å². The number of nitrogen functional groups attached to an aromatic ring is 1. The number of nitro groups is 1. The first-order valence-corrected chi connectivity index (χ1v) is 32.0. The number of non-ortho nitro benzene ring substituents is 1. The van der Waals surface area contributed by atoms with Gasteiger partial charge in [-0.05, 0) is 93.4 Å². The Kier molecular flexibility index (Phi) is 19.9. The molecule has 1 saturated heterocycles. The Morgan fingerprint density at radius 2 is 1.08 bits per heavy atom. The van der Waals surface area contributed by atoms with E-state index in [1.807, 2.05) is 75.3 Å². The second-order valence-electron chi connectivity index (χ2n) is 23.0. The summed E-state index contributed by atoms with van der Waals surface area (Å²) in [7, 11) is 3.93. The van der Waals surface area contributed by atoms with Crippen molar-refractivity contribution in [2.45, 2.75) is 43.8 Å². The fourth-order valence-corrected chi connectivity index (χ4v) is 10.7. The Labute approximate surface area is 566 Å². The lowest BCUT2D eigenvalue weighted by Gasteiger charge is -2.27. The summed E-state index contributed by atoms with van der Waals surface area (Å²) in [5.41, 5.74) is 17.9. The van der Waals surface area contributed by atoms with E-state index in [0.717, 1.165) is 41.0 Å². The number of benzene rings is 6. The van der Waals surface area contributed by atoms with Crippen LogP contribution in [0.1, 0.15) is 67.3 Å². The van der Waals surface area contributed by atoms with Gasteiger partial charge in [-0.15, -0.1) is 25.5 Å². The van der Waals surface area contributed by atoms with Crippen molar-refractivity contribution in [2.24, 2.45) is 0 Å². The smallest absolute Gasteiger partial charge is 0.322 e. The summed E-state index contributed by atoms with van der Waals surface area (Å²) < 4.78 is 42.0. The minimum Gasteiger partial charge on any atom is -0.415 e. The number of nitrogens with one attached hydrogen (secondary N) is 2. The summed E-state index contributed by atoms with van der Waals surface area (Å²) in [4.78, 5) is 65.5. The van der Waals surface area contributed by atoms with Crippen LogP contribution in [0.3, 0.4) is 0 Å². The van der Waals surface area contributed by atoms with Crippen molar-refractivity contribution in [3.8, 4) is 91.4 Å². The van der Waals surface area contributed by atoms with Crippen LogP contribution in [0.25, 0.3) is 97.1 Å². The second kappa shape index (κ2) is 29.1. The van der Waals surface area contributed by atoms with E-state index < -0.39 is 20.0 Å². The number of hydrogen-bond donors (Lipinski definition) is 3. The maximum atomic E-state index is 12.4. The number of aromatic nitrogens is 12. The summed E-state index contributed by atoms with van der Waals surface area (Å²) in [6.45, 7) is 13.1. The zero-order valence-corrected chi connectivity index (χ0v) is 55.1. The molecule has 27 nitrogen and oxygen atoms in total. The highest BCUT2D eigenvalue weighted by Crippen LogP contribution is 2.33. The third kappa shape index (κ3) is 15.2. The maximum Gasteiger partial charge on any atom is 0.322 e. The lowest BCUT2D eigenvalue weighted by molar-refractivity contribution is -0.384. The van der Waals surface area contributed by atoms with Gasteiger partial charge in [-0.25, -0.2) is 28.4 Å². The van der Waals surface area contributed by atoms with E-state index in [0.29, 0.717) is 73.9 Å². The van der Waals surface area contributed by atoms with Crippen molar-refractivity contribution in [1.29, 1.82) is 0 Å². The van der Waals surface area contributed by atoms with Crippen LogP contribution in [0.5, 0.6) is 0 Å². The molecule has 98 heavy (non-hydrogen) atoms. The number of carbonyl (C=O) groups excluding carboxylic acids is 2. The maximum absolute atomic E-state index is 12.4. The largest absolute Gasteiger partial charge is 0.415 e. The summed E-state index contributed by atoms with van der Waals surface area (Å²) in [5, 5.41) is 40.7. The molecule has 0 saturated carbocycles. The molecule has 13 rings (SSSR count). The molecule has 0 atom stereocenters. The number of sulfone groups is 1. The number of hydrogen-bond acceptors (Lipinski definition) is 24. The highest BCUT2D eigenvalue weighted by Gasteiger charge is 2.24. The van der Waals surface area contributed by atoms with Gasteiger partial charge in [0.1, 0.15) is 11.4 Å². The number of nitro benzene ring substituents is 1. The molecule has 6 aromatic carbocycles. The van der Waals surface area contributed by atoms with E-state index >= 15 is 0 Å². The third-order valence-electron chi connectivity index (χ3n) is 15.6. The van der Waals surface area contributed by atoms with Gasteiger partial charge in [0.25, 0.3) is 35.2 Å². The average molecular weight is 1340 g/mol. The fraction of sp³-hybridized carbons (Fsp3) is 0.171. The number of anilines is 2. The van der Waals surface area contributed by atoms with Gasteiger partial charge < -0.3 is 34.1 Å². The molecule has 0 spiro atoms. The fourth-order valence-electron chi connectivity index (χ4n) is 9.67. The van der Waals surface area contributed by atoms with Crippen LogP contribution in [0.15, 0.2) is 195 Å². The Hall–Kier alpha value is -12.4. The van der Waals surface area contributed by atoms with Crippen LogP contribution in [0.2, 0.25) is 0 Å². The van der Waals surface area contributed by atoms with E-state index in [1.165, 1.54) is 34.9 Å². The highest BCUT2D eigenvalue weighted by molar-refractivity contribution is 7.92. The number of rotatable bonds is 17. The molecule has 1 fully saturated rings. The zero-order valence-electron chi connectivity index (χ0n) is 54.3. The molecular weight excluding hydrogens is 1270 g/mol. The lowest BCUT2D eigenvalue weighted by atomic mass is 9.93. The summed E-state index contributed by atoms with van der Waals surface area (Å²) in [6.07, 6.45) is 4.85. The first-order chi connectivity index (χ1) is 47.1. The van der Waals surface area contributed by atoms with Gasteiger partial charge in [0.05, 0.1) is 62.1 Å². The van der Waals surface area contributed by atoms with Crippen molar-refractivity contribution in [3.05, 3.63) is 221 Å². The summed E-state index contributed by atoms with van der Waals surface area (Å²) in [6, 6.07) is 44.3. The van der Waals surface area contributed by atoms with Gasteiger partial charge in [0, 0.05) is 108 Å². The Morgan fingerprint density at radius 3 is 1.61 bits per heavy atom. The van der Waals surface area contributed by atoms with Gasteiger partial charge in [-0.2, -0.15) is 0 Å². The highest BCUT2D eigenvalue weighted by atomic mass is 32.2. The van der Waals surface area contributed by atoms with Crippen LogP contribution in [-0.2, 0) is 9.84 Å². The van der Waals surface area contributed by atoms with Crippen LogP contribution in [0, 0.1) is 24.0 Å². The van der Waals surface area contributed by atoms with Crippen LogP contribution >= 0.6 is 0 Å². The number of aryl methyl sites for hydroxylation is 2. The Bertz CT molecular complexity index is 5020. The van der Waals surface area contributed by atoms with Crippen molar-refractivity contribution >= 4 is 44.9 Å². The SMILES string of the molecule is C=C(c1ccc(-c2cnc(C)c(-c3nnc(NC(=O)c4ccccc4)o3)n2)cc1)N(C)C.CN(C)C(=O)c1ccc(-c2cnc(N)c(-c3nnc(-c4cccc([N+](=O)[O-])c4)o3)n2)cc1.Cc1ncc(-c2ccc(S(=O)(=O)C(C)C)cc2)nc1-c1nnc(-c2ccc(C3CNC3)cc2)o1.[HH].[HH].[HH]. The molecular formula is C70H70N18O9S. The van der Waals surface area contributed by atoms with Gasteiger partial charge in [-0.1, -0.05) is 96.6 Å². The molecule has 0 unspecified atom stereocenters. The van der Waals surface area contributed by atoms with E-state index in [-0.39, 0.29) is 67.8 Å². The molecule has 0 bridgehead atoms. The van der Waals surface area contributed by atoms with Gasteiger partial charge in [-0.3, -0.25) is 35.0 Å². The van der Waals surface area contributed by atoms with E-state index in [1.54, 1.807) is 119 Å². The van der Waals surface area contributed by atoms with Gasteiger partial charge in [0.15, 0.2) is 21.3 Å². The van der Waals surface area contributed by atoms with Crippen molar-refractivity contribution in [1.82, 2.24) is 75.6 Å². The number of amides is 2. The molecule has 28 heteroatoms. The number of carbonyl (C=O) groups is 2. The minimum absolute atomic E-state index is 0. The average Bonchev–Trinajstić information content (AvgIpc) is 1.80. The predicted octanol–water partition coefficient (Wildman–Crippen LogP) is 12.1. The second-order valence-corrected chi connectivity index (χ2v) is 25.5. The van der Waals surface area contributed by atoms with Crippen LogP contribution < -0.4 is 16.4 Å². The van der Waals surface area contributed by atoms with Gasteiger partial charge >= 0.3 is 6.01 Å². The third-order valence-corrected chi connectivity index (χ3v) is 17.7. The van der Waals surface area contributed by atoms with Gasteiger partial charge in [0.2, 0.25) is 11.8 Å². The molecule has 4 N–H and O–H groups in total. The first-order valence-electron chi connectivity index (χ1n) is 30.5. The molecule has 6 aromatic heterocycles. The number of nitrogens with two attached hydrogens (primary N) is 1. The molecule has 500 valence electrons. The Balaban J connectivity index is 0.000000190. The molecule has 12 aromatic rings. The minimum atomic E-state index is -3.34. The predicted molar refractivity (Wildman–Crippen MR) is 373 cm³/mol. The zero-order chi connectivity index (χ0) is 69.4. The summed E-state index contributed by atoms with van der Waals surface area (Å²) in [5.74, 6) is 1.19.